The fourth-order valence-corrected chi connectivity index (χ4v) is 1.19. The van der Waals surface area contributed by atoms with Crippen LogP contribution >= 0.6 is 0 Å². The fourth-order valence-electron chi connectivity index (χ4n) is 1.19. The Hall–Kier alpha value is -1.89. The first-order valence-electron chi connectivity index (χ1n) is 3.95. The molecule has 0 aromatic heterocycles. The van der Waals surface area contributed by atoms with Gasteiger partial charge in [0.15, 0.2) is 5.92 Å². The lowest BCUT2D eigenvalue weighted by Gasteiger charge is -2.08. The summed E-state index contributed by atoms with van der Waals surface area (Å²) in [6.45, 7) is 1.46. The third-order valence-corrected chi connectivity index (χ3v) is 2.00. The van der Waals surface area contributed by atoms with Gasteiger partial charge in [0, 0.05) is 0 Å². The lowest BCUT2D eigenvalue weighted by atomic mass is 9.96. The number of rotatable bonds is 2. The Labute approximate surface area is 80.4 Å². The topological polar surface area (TPSA) is 61.1 Å². The zero-order valence-electron chi connectivity index (χ0n) is 7.49. The van der Waals surface area contributed by atoms with Crippen LogP contribution in [0.5, 0.6) is 0 Å². The molecule has 0 radical (unpaired) electrons. The van der Waals surface area contributed by atoms with Crippen LogP contribution in [-0.2, 0) is 4.79 Å². The quantitative estimate of drug-likeness (QED) is 0.779. The Bertz CT molecular complexity index is 409. The van der Waals surface area contributed by atoms with Gasteiger partial charge >= 0.3 is 5.97 Å². The van der Waals surface area contributed by atoms with Crippen LogP contribution in [0.15, 0.2) is 18.2 Å². The smallest absolute Gasteiger partial charge is 0.325 e. The van der Waals surface area contributed by atoms with Crippen molar-refractivity contribution in [1.82, 2.24) is 0 Å². The summed E-state index contributed by atoms with van der Waals surface area (Å²) < 4.78 is 13.0. The molecular weight excluding hydrogens is 185 g/mol. The minimum atomic E-state index is -1.30. The lowest BCUT2D eigenvalue weighted by Crippen LogP contribution is -2.11. The van der Waals surface area contributed by atoms with Crippen LogP contribution in [0.4, 0.5) is 4.39 Å². The van der Waals surface area contributed by atoms with E-state index in [-0.39, 0.29) is 11.1 Å². The molecule has 14 heavy (non-hydrogen) atoms. The molecule has 3 nitrogen and oxygen atoms in total. The van der Waals surface area contributed by atoms with Crippen LogP contribution in [-0.4, -0.2) is 11.1 Å². The second-order valence-electron chi connectivity index (χ2n) is 2.85. The van der Waals surface area contributed by atoms with Gasteiger partial charge < -0.3 is 5.11 Å². The van der Waals surface area contributed by atoms with E-state index in [0.29, 0.717) is 0 Å². The summed E-state index contributed by atoms with van der Waals surface area (Å²) in [4.78, 5) is 10.6. The number of carboxylic acids is 1. The van der Waals surface area contributed by atoms with E-state index in [9.17, 15) is 9.18 Å². The first-order chi connectivity index (χ1) is 6.57. The summed E-state index contributed by atoms with van der Waals surface area (Å²) in [6, 6.07) is 5.69. The van der Waals surface area contributed by atoms with Crippen molar-refractivity contribution in [1.29, 1.82) is 5.26 Å². The number of hydrogen-bond acceptors (Lipinski definition) is 2. The third kappa shape index (κ3) is 1.72. The monoisotopic (exact) mass is 193 g/mol. The molecule has 1 aromatic rings. The zero-order valence-corrected chi connectivity index (χ0v) is 7.49. The van der Waals surface area contributed by atoms with E-state index in [2.05, 4.69) is 0 Å². The Kier molecular flexibility index (Phi) is 2.82. The number of aliphatic carboxylic acids is 1. The van der Waals surface area contributed by atoms with Gasteiger partial charge in [-0.15, -0.1) is 0 Å². The predicted octanol–water partition coefficient (Wildman–Crippen LogP) is 1.83. The summed E-state index contributed by atoms with van der Waals surface area (Å²) in [5.74, 6) is -3.06. The van der Waals surface area contributed by atoms with Gasteiger partial charge in [0.25, 0.3) is 0 Å². The molecule has 0 saturated heterocycles. The molecule has 0 saturated carbocycles. The summed E-state index contributed by atoms with van der Waals surface area (Å²) in [6.07, 6.45) is 0. The SMILES string of the molecule is Cc1c(F)cccc1C(C#N)C(=O)O. The first kappa shape index (κ1) is 10.2. The Balaban J connectivity index is 3.25. The Morgan fingerprint density at radius 3 is 2.79 bits per heavy atom. The molecular formula is C10H8FNO2. The standard InChI is InChI=1S/C10H8FNO2/c1-6-7(3-2-4-9(6)11)8(5-12)10(13)14/h2-4,8H,1H3,(H,13,14). The van der Waals surface area contributed by atoms with Crippen molar-refractivity contribution in [3.8, 4) is 6.07 Å². The highest BCUT2D eigenvalue weighted by Gasteiger charge is 2.21. The average Bonchev–Trinajstić information content (AvgIpc) is 2.13. The van der Waals surface area contributed by atoms with Gasteiger partial charge in [-0.25, -0.2) is 4.39 Å². The van der Waals surface area contributed by atoms with Crippen molar-refractivity contribution >= 4 is 5.97 Å². The summed E-state index contributed by atoms with van der Waals surface area (Å²) in [5.41, 5.74) is 0.418. The molecule has 4 heteroatoms. The average molecular weight is 193 g/mol. The van der Waals surface area contributed by atoms with Crippen LogP contribution in [0.25, 0.3) is 0 Å². The molecule has 0 bridgehead atoms. The molecule has 1 rings (SSSR count). The van der Waals surface area contributed by atoms with E-state index < -0.39 is 17.7 Å². The van der Waals surface area contributed by atoms with Crippen molar-refractivity contribution in [3.05, 3.63) is 35.1 Å². The number of hydrogen-bond donors (Lipinski definition) is 1. The van der Waals surface area contributed by atoms with Gasteiger partial charge in [-0.2, -0.15) is 5.26 Å². The minimum Gasteiger partial charge on any atom is -0.480 e. The molecule has 1 atom stereocenters. The van der Waals surface area contributed by atoms with Crippen LogP contribution in [0, 0.1) is 24.1 Å². The molecule has 1 N–H and O–H groups in total. The fraction of sp³-hybridized carbons (Fsp3) is 0.200. The molecule has 0 aliphatic carbocycles. The van der Waals surface area contributed by atoms with E-state index in [1.807, 2.05) is 0 Å². The maximum atomic E-state index is 13.0. The number of nitriles is 1. The van der Waals surface area contributed by atoms with Crippen molar-refractivity contribution in [2.75, 3.05) is 0 Å². The molecule has 0 amide bonds. The van der Waals surface area contributed by atoms with Crippen molar-refractivity contribution < 1.29 is 14.3 Å². The number of carbonyl (C=O) groups is 1. The van der Waals surface area contributed by atoms with E-state index in [1.165, 1.54) is 25.1 Å². The van der Waals surface area contributed by atoms with Gasteiger partial charge in [-0.3, -0.25) is 4.79 Å². The maximum Gasteiger partial charge on any atom is 0.325 e. The van der Waals surface area contributed by atoms with Gasteiger partial charge in [-0.1, -0.05) is 12.1 Å². The Morgan fingerprint density at radius 1 is 1.64 bits per heavy atom. The minimum absolute atomic E-state index is 0.208. The van der Waals surface area contributed by atoms with Gasteiger partial charge in [0.1, 0.15) is 5.82 Å². The van der Waals surface area contributed by atoms with E-state index in [1.54, 1.807) is 6.07 Å². The highest BCUT2D eigenvalue weighted by molar-refractivity contribution is 5.79. The van der Waals surface area contributed by atoms with Crippen LogP contribution in [0.3, 0.4) is 0 Å². The Morgan fingerprint density at radius 2 is 2.29 bits per heavy atom. The second kappa shape index (κ2) is 3.88. The molecule has 0 spiro atoms. The molecule has 0 aliphatic rings. The van der Waals surface area contributed by atoms with E-state index >= 15 is 0 Å². The van der Waals surface area contributed by atoms with Gasteiger partial charge in [-0.05, 0) is 24.1 Å². The predicted molar refractivity (Wildman–Crippen MR) is 47.1 cm³/mol. The van der Waals surface area contributed by atoms with Crippen LogP contribution in [0.1, 0.15) is 17.0 Å². The van der Waals surface area contributed by atoms with Gasteiger partial charge in [0.05, 0.1) is 6.07 Å². The molecule has 72 valence electrons. The largest absolute Gasteiger partial charge is 0.480 e. The zero-order chi connectivity index (χ0) is 10.7. The first-order valence-corrected chi connectivity index (χ1v) is 3.95. The normalized spacial score (nSPS) is 11.8. The summed E-state index contributed by atoms with van der Waals surface area (Å²) >= 11 is 0. The molecule has 0 heterocycles. The van der Waals surface area contributed by atoms with Crippen LogP contribution in [0.2, 0.25) is 0 Å². The van der Waals surface area contributed by atoms with E-state index in [0.717, 1.165) is 0 Å². The highest BCUT2D eigenvalue weighted by Crippen LogP contribution is 2.21. The highest BCUT2D eigenvalue weighted by atomic mass is 19.1. The maximum absolute atomic E-state index is 13.0. The third-order valence-electron chi connectivity index (χ3n) is 2.00. The van der Waals surface area contributed by atoms with Crippen molar-refractivity contribution in [3.63, 3.8) is 0 Å². The second-order valence-corrected chi connectivity index (χ2v) is 2.85. The molecule has 1 unspecified atom stereocenters. The number of benzene rings is 1. The number of halogens is 1. The van der Waals surface area contributed by atoms with Gasteiger partial charge in [0.2, 0.25) is 0 Å². The molecule has 0 aliphatic heterocycles. The number of carboxylic acid groups (broad SMARTS) is 1. The lowest BCUT2D eigenvalue weighted by molar-refractivity contribution is -0.137. The van der Waals surface area contributed by atoms with Crippen molar-refractivity contribution in [2.45, 2.75) is 12.8 Å². The van der Waals surface area contributed by atoms with Crippen molar-refractivity contribution in [2.24, 2.45) is 0 Å². The summed E-state index contributed by atoms with van der Waals surface area (Å²) in [5, 5.41) is 17.3. The molecule has 1 aromatic carbocycles. The number of nitrogens with zero attached hydrogens (tertiary/aromatic N) is 1. The summed E-state index contributed by atoms with van der Waals surface area (Å²) in [7, 11) is 0. The van der Waals surface area contributed by atoms with Crippen LogP contribution < -0.4 is 0 Å². The van der Waals surface area contributed by atoms with E-state index in [4.69, 9.17) is 10.4 Å². The molecule has 0 fully saturated rings.